The lowest BCUT2D eigenvalue weighted by Gasteiger charge is -2.29. The zero-order valence-corrected chi connectivity index (χ0v) is 9.63. The van der Waals surface area contributed by atoms with Crippen LogP contribution in [0.15, 0.2) is 17.5 Å². The largest absolute Gasteiger partial charge is 0.381 e. The molecule has 0 amide bonds. The first-order valence-electron chi connectivity index (χ1n) is 5.46. The van der Waals surface area contributed by atoms with Crippen molar-refractivity contribution in [1.82, 2.24) is 5.43 Å². The summed E-state index contributed by atoms with van der Waals surface area (Å²) in [5.41, 5.74) is 2.96. The number of thiophene rings is 1. The van der Waals surface area contributed by atoms with Crippen LogP contribution in [0.3, 0.4) is 0 Å². The van der Waals surface area contributed by atoms with Crippen molar-refractivity contribution in [1.29, 1.82) is 0 Å². The molecule has 84 valence electrons. The van der Waals surface area contributed by atoms with E-state index in [1.54, 1.807) is 11.3 Å². The Morgan fingerprint density at radius 1 is 1.53 bits per heavy atom. The van der Waals surface area contributed by atoms with E-state index in [2.05, 4.69) is 22.9 Å². The van der Waals surface area contributed by atoms with Gasteiger partial charge in [0.1, 0.15) is 0 Å². The van der Waals surface area contributed by atoms with Gasteiger partial charge in [0, 0.05) is 24.1 Å². The molecule has 2 rings (SSSR count). The van der Waals surface area contributed by atoms with Crippen molar-refractivity contribution in [3.05, 3.63) is 22.4 Å². The highest BCUT2D eigenvalue weighted by Crippen LogP contribution is 2.22. The fourth-order valence-electron chi connectivity index (χ4n) is 2.13. The highest BCUT2D eigenvalue weighted by Gasteiger charge is 2.23. The van der Waals surface area contributed by atoms with Gasteiger partial charge in [-0.3, -0.25) is 11.3 Å². The molecule has 1 atom stereocenters. The normalized spacial score (nSPS) is 20.3. The fourth-order valence-corrected chi connectivity index (χ4v) is 2.89. The first-order valence-corrected chi connectivity index (χ1v) is 6.34. The number of nitrogens with one attached hydrogen (secondary N) is 1. The molecule has 0 spiro atoms. The van der Waals surface area contributed by atoms with E-state index in [1.807, 2.05) is 0 Å². The van der Waals surface area contributed by atoms with Crippen LogP contribution in [-0.2, 0) is 11.2 Å². The molecule has 1 aromatic heterocycles. The summed E-state index contributed by atoms with van der Waals surface area (Å²) in [5, 5.41) is 2.12. The summed E-state index contributed by atoms with van der Waals surface area (Å²) in [7, 11) is 0. The minimum absolute atomic E-state index is 0.396. The SMILES string of the molecule is NNC(Cc1cccs1)C1CCOCC1. The fraction of sp³-hybridized carbons (Fsp3) is 0.636. The van der Waals surface area contributed by atoms with E-state index < -0.39 is 0 Å². The van der Waals surface area contributed by atoms with Crippen LogP contribution in [0, 0.1) is 5.92 Å². The Balaban J connectivity index is 1.91. The van der Waals surface area contributed by atoms with Crippen molar-refractivity contribution >= 4 is 11.3 Å². The van der Waals surface area contributed by atoms with Crippen molar-refractivity contribution in [2.75, 3.05) is 13.2 Å². The molecule has 15 heavy (non-hydrogen) atoms. The smallest absolute Gasteiger partial charge is 0.0469 e. The van der Waals surface area contributed by atoms with Crippen molar-refractivity contribution < 1.29 is 4.74 Å². The molecule has 2 heterocycles. The van der Waals surface area contributed by atoms with Gasteiger partial charge in [-0.15, -0.1) is 11.3 Å². The van der Waals surface area contributed by atoms with Crippen molar-refractivity contribution in [2.45, 2.75) is 25.3 Å². The average molecular weight is 226 g/mol. The lowest BCUT2D eigenvalue weighted by atomic mass is 9.90. The van der Waals surface area contributed by atoms with Gasteiger partial charge in [-0.05, 0) is 36.6 Å². The van der Waals surface area contributed by atoms with Crippen LogP contribution in [0.4, 0.5) is 0 Å². The zero-order chi connectivity index (χ0) is 10.5. The molecule has 3 N–H and O–H groups in total. The van der Waals surface area contributed by atoms with E-state index in [0.717, 1.165) is 32.5 Å². The van der Waals surface area contributed by atoms with Gasteiger partial charge >= 0.3 is 0 Å². The van der Waals surface area contributed by atoms with E-state index in [4.69, 9.17) is 10.6 Å². The first-order chi connectivity index (χ1) is 7.40. The molecule has 0 bridgehead atoms. The zero-order valence-electron chi connectivity index (χ0n) is 8.82. The van der Waals surface area contributed by atoms with Gasteiger partial charge in [0.25, 0.3) is 0 Å². The van der Waals surface area contributed by atoms with Crippen molar-refractivity contribution in [2.24, 2.45) is 11.8 Å². The quantitative estimate of drug-likeness (QED) is 0.605. The van der Waals surface area contributed by atoms with Crippen molar-refractivity contribution in [3.8, 4) is 0 Å². The Bertz CT molecular complexity index is 270. The molecule has 1 aliphatic heterocycles. The topological polar surface area (TPSA) is 47.3 Å². The third kappa shape index (κ3) is 3.01. The summed E-state index contributed by atoms with van der Waals surface area (Å²) in [5.74, 6) is 6.29. The molecule has 1 fully saturated rings. The lowest BCUT2D eigenvalue weighted by molar-refractivity contribution is 0.0539. The third-order valence-electron chi connectivity index (χ3n) is 3.05. The Kier molecular flexibility index (Phi) is 4.14. The van der Waals surface area contributed by atoms with Crippen LogP contribution in [0.5, 0.6) is 0 Å². The molecular weight excluding hydrogens is 208 g/mol. The Morgan fingerprint density at radius 3 is 2.93 bits per heavy atom. The number of rotatable bonds is 4. The minimum Gasteiger partial charge on any atom is -0.381 e. The Labute approximate surface area is 94.6 Å². The van der Waals surface area contributed by atoms with Gasteiger partial charge in [-0.2, -0.15) is 0 Å². The number of hydrazine groups is 1. The molecule has 1 aromatic rings. The molecule has 3 nitrogen and oxygen atoms in total. The number of nitrogens with two attached hydrogens (primary N) is 1. The molecule has 4 heteroatoms. The van der Waals surface area contributed by atoms with E-state index in [9.17, 15) is 0 Å². The number of ether oxygens (including phenoxy) is 1. The van der Waals surface area contributed by atoms with Gasteiger partial charge in [-0.1, -0.05) is 6.07 Å². The van der Waals surface area contributed by atoms with Gasteiger partial charge in [-0.25, -0.2) is 0 Å². The summed E-state index contributed by atoms with van der Waals surface area (Å²) in [6, 6.07) is 4.67. The molecule has 0 aromatic carbocycles. The average Bonchev–Trinajstić information content (AvgIpc) is 2.80. The summed E-state index contributed by atoms with van der Waals surface area (Å²) in [6.45, 7) is 1.76. The number of hydrogen-bond donors (Lipinski definition) is 2. The maximum absolute atomic E-state index is 5.63. The highest BCUT2D eigenvalue weighted by atomic mass is 32.1. The Hall–Kier alpha value is -0.420. The molecule has 0 radical (unpaired) electrons. The minimum atomic E-state index is 0.396. The monoisotopic (exact) mass is 226 g/mol. The molecule has 0 aliphatic carbocycles. The van der Waals surface area contributed by atoms with Crippen LogP contribution < -0.4 is 11.3 Å². The molecule has 1 aliphatic rings. The first kappa shape index (κ1) is 11.1. The summed E-state index contributed by atoms with van der Waals surface area (Å²) < 4.78 is 5.36. The van der Waals surface area contributed by atoms with E-state index in [-0.39, 0.29) is 0 Å². The second-order valence-electron chi connectivity index (χ2n) is 4.01. The second kappa shape index (κ2) is 5.61. The lowest BCUT2D eigenvalue weighted by Crippen LogP contribution is -2.44. The standard InChI is InChI=1S/C11H18N2OS/c12-13-11(8-10-2-1-7-15-10)9-3-5-14-6-4-9/h1-2,7,9,11,13H,3-6,8,12H2. The molecule has 0 saturated carbocycles. The van der Waals surface area contributed by atoms with Gasteiger partial charge in [0.15, 0.2) is 0 Å². The predicted octanol–water partition coefficient (Wildman–Crippen LogP) is 1.55. The number of hydrogen-bond acceptors (Lipinski definition) is 4. The van der Waals surface area contributed by atoms with Crippen LogP contribution >= 0.6 is 11.3 Å². The second-order valence-corrected chi connectivity index (χ2v) is 5.04. The maximum atomic E-state index is 5.63. The van der Waals surface area contributed by atoms with Gasteiger partial charge in [0.05, 0.1) is 0 Å². The van der Waals surface area contributed by atoms with Gasteiger partial charge < -0.3 is 4.74 Å². The van der Waals surface area contributed by atoms with Crippen molar-refractivity contribution in [3.63, 3.8) is 0 Å². The van der Waals surface area contributed by atoms with E-state index in [0.29, 0.717) is 12.0 Å². The van der Waals surface area contributed by atoms with Crippen LogP contribution in [-0.4, -0.2) is 19.3 Å². The summed E-state index contributed by atoms with van der Waals surface area (Å²) >= 11 is 1.80. The van der Waals surface area contributed by atoms with E-state index >= 15 is 0 Å². The Morgan fingerprint density at radius 2 is 2.33 bits per heavy atom. The summed E-state index contributed by atoms with van der Waals surface area (Å²) in [6.07, 6.45) is 3.29. The predicted molar refractivity (Wildman–Crippen MR) is 62.7 cm³/mol. The highest BCUT2D eigenvalue weighted by molar-refractivity contribution is 7.09. The van der Waals surface area contributed by atoms with Crippen LogP contribution in [0.1, 0.15) is 17.7 Å². The van der Waals surface area contributed by atoms with Crippen LogP contribution in [0.25, 0.3) is 0 Å². The maximum Gasteiger partial charge on any atom is 0.0469 e. The van der Waals surface area contributed by atoms with Crippen LogP contribution in [0.2, 0.25) is 0 Å². The summed E-state index contributed by atoms with van der Waals surface area (Å²) in [4.78, 5) is 1.41. The molecular formula is C11H18N2OS. The van der Waals surface area contributed by atoms with Gasteiger partial charge in [0.2, 0.25) is 0 Å². The molecule has 1 unspecified atom stereocenters. The van der Waals surface area contributed by atoms with E-state index in [1.165, 1.54) is 4.88 Å². The molecule has 1 saturated heterocycles. The third-order valence-corrected chi connectivity index (χ3v) is 3.95.